The Kier molecular flexibility index (Phi) is 7.60. The van der Waals surface area contributed by atoms with Crippen LogP contribution in [-0.4, -0.2) is 41.1 Å². The number of nitrogens with zero attached hydrogens (tertiary/aromatic N) is 3. The van der Waals surface area contributed by atoms with E-state index in [4.69, 9.17) is 21.1 Å². The lowest BCUT2D eigenvalue weighted by Gasteiger charge is -2.22. The quantitative estimate of drug-likeness (QED) is 0.223. The van der Waals surface area contributed by atoms with E-state index in [0.717, 1.165) is 5.56 Å². The van der Waals surface area contributed by atoms with Gasteiger partial charge < -0.3 is 9.47 Å². The molecule has 1 unspecified atom stereocenters. The molecule has 0 saturated carbocycles. The predicted octanol–water partition coefficient (Wildman–Crippen LogP) is 5.22. The minimum atomic E-state index is -0.470. The van der Waals surface area contributed by atoms with Crippen LogP contribution in [0.2, 0.25) is 5.02 Å². The van der Waals surface area contributed by atoms with Gasteiger partial charge in [0.2, 0.25) is 0 Å². The lowest BCUT2D eigenvalue weighted by molar-refractivity contribution is -0.384. The third-order valence-corrected chi connectivity index (χ3v) is 5.84. The molecule has 1 atom stereocenters. The third-order valence-electron chi connectivity index (χ3n) is 5.59. The molecule has 0 aromatic heterocycles. The summed E-state index contributed by atoms with van der Waals surface area (Å²) in [4.78, 5) is 34.9. The molecule has 3 aromatic carbocycles. The van der Waals surface area contributed by atoms with Crippen molar-refractivity contribution in [1.29, 1.82) is 0 Å². The number of carbonyl (C=O) groups is 2. The molecule has 3 aromatic rings. The number of nitro benzene ring substituents is 1. The standard InChI is InChI=1S/C26H22ClN3O6/c1-2-35-25-13-17(15-31)3-12-24(25)36-16-26(32)29-23(19-4-8-20(27)9-5-19)14-22(28-29)18-6-10-21(11-7-18)30(33)34/h3-13,15,23H,2,14,16H2,1H3. The molecule has 184 valence electrons. The second-order valence-corrected chi connectivity index (χ2v) is 8.34. The van der Waals surface area contributed by atoms with Crippen LogP contribution >= 0.6 is 11.6 Å². The van der Waals surface area contributed by atoms with Gasteiger partial charge in [-0.3, -0.25) is 19.7 Å². The summed E-state index contributed by atoms with van der Waals surface area (Å²) in [6.07, 6.45) is 1.11. The van der Waals surface area contributed by atoms with Gasteiger partial charge in [-0.25, -0.2) is 5.01 Å². The van der Waals surface area contributed by atoms with Gasteiger partial charge in [-0.15, -0.1) is 0 Å². The maximum atomic E-state index is 13.3. The van der Waals surface area contributed by atoms with Gasteiger partial charge in [0.05, 0.1) is 23.3 Å². The monoisotopic (exact) mass is 507 g/mol. The van der Waals surface area contributed by atoms with Gasteiger partial charge in [-0.1, -0.05) is 23.7 Å². The minimum absolute atomic E-state index is 0.0290. The third kappa shape index (κ3) is 5.52. The SMILES string of the molecule is CCOc1cc(C=O)ccc1OCC(=O)N1N=C(c2ccc([N+](=O)[O-])cc2)CC1c1ccc(Cl)cc1. The maximum Gasteiger partial charge on any atom is 0.281 e. The Bertz CT molecular complexity index is 1310. The highest BCUT2D eigenvalue weighted by Gasteiger charge is 2.33. The molecule has 4 rings (SSSR count). The number of carbonyl (C=O) groups excluding carboxylic acids is 2. The van der Waals surface area contributed by atoms with Crippen molar-refractivity contribution in [2.75, 3.05) is 13.2 Å². The normalized spacial score (nSPS) is 14.8. The molecular weight excluding hydrogens is 486 g/mol. The van der Waals surface area contributed by atoms with Gasteiger partial charge >= 0.3 is 0 Å². The van der Waals surface area contributed by atoms with Gasteiger partial charge in [-0.05, 0) is 60.5 Å². The summed E-state index contributed by atoms with van der Waals surface area (Å²) in [6, 6.07) is 17.5. The van der Waals surface area contributed by atoms with Crippen molar-refractivity contribution >= 4 is 35.2 Å². The van der Waals surface area contributed by atoms with E-state index in [0.29, 0.717) is 52.7 Å². The molecular formula is C26H22ClN3O6. The lowest BCUT2D eigenvalue weighted by Crippen LogP contribution is -2.31. The molecule has 0 radical (unpaired) electrons. The molecule has 1 heterocycles. The van der Waals surface area contributed by atoms with Crippen LogP contribution in [0.1, 0.15) is 40.9 Å². The van der Waals surface area contributed by atoms with Gasteiger partial charge in [0.15, 0.2) is 18.1 Å². The van der Waals surface area contributed by atoms with E-state index in [-0.39, 0.29) is 12.3 Å². The zero-order chi connectivity index (χ0) is 25.7. The molecule has 0 aliphatic carbocycles. The van der Waals surface area contributed by atoms with E-state index in [9.17, 15) is 19.7 Å². The van der Waals surface area contributed by atoms with Gasteiger partial charge in [0.25, 0.3) is 11.6 Å². The molecule has 0 bridgehead atoms. The summed E-state index contributed by atoms with van der Waals surface area (Å²) in [5.74, 6) is 0.298. The van der Waals surface area contributed by atoms with E-state index in [2.05, 4.69) is 5.10 Å². The van der Waals surface area contributed by atoms with E-state index in [1.165, 1.54) is 17.1 Å². The summed E-state index contributed by atoms with van der Waals surface area (Å²) >= 11 is 6.04. The smallest absolute Gasteiger partial charge is 0.281 e. The number of non-ortho nitro benzene ring substituents is 1. The topological polar surface area (TPSA) is 111 Å². The van der Waals surface area contributed by atoms with E-state index < -0.39 is 16.9 Å². The number of hydrazone groups is 1. The Hall–Kier alpha value is -4.24. The Morgan fingerprint density at radius 1 is 1.11 bits per heavy atom. The number of hydrogen-bond donors (Lipinski definition) is 0. The zero-order valence-corrected chi connectivity index (χ0v) is 20.1. The molecule has 9 nitrogen and oxygen atoms in total. The number of ether oxygens (including phenoxy) is 2. The number of nitro groups is 1. The first-order valence-electron chi connectivity index (χ1n) is 11.1. The van der Waals surface area contributed by atoms with Crippen LogP contribution in [0.5, 0.6) is 11.5 Å². The fraction of sp³-hybridized carbons (Fsp3) is 0.192. The number of halogens is 1. The van der Waals surface area contributed by atoms with Crippen molar-refractivity contribution in [2.24, 2.45) is 5.10 Å². The Labute approximate surface area is 212 Å². The van der Waals surface area contributed by atoms with Gasteiger partial charge in [-0.2, -0.15) is 5.10 Å². The van der Waals surface area contributed by atoms with Crippen molar-refractivity contribution in [1.82, 2.24) is 5.01 Å². The second kappa shape index (κ2) is 11.0. The highest BCUT2D eigenvalue weighted by Crippen LogP contribution is 2.34. The molecule has 1 aliphatic heterocycles. The number of benzene rings is 3. The van der Waals surface area contributed by atoms with Crippen molar-refractivity contribution in [3.8, 4) is 11.5 Å². The number of aldehydes is 1. The van der Waals surface area contributed by atoms with E-state index >= 15 is 0 Å². The van der Waals surface area contributed by atoms with Crippen LogP contribution in [0.4, 0.5) is 5.69 Å². The first-order valence-corrected chi connectivity index (χ1v) is 11.5. The molecule has 0 N–H and O–H groups in total. The lowest BCUT2D eigenvalue weighted by atomic mass is 9.98. The highest BCUT2D eigenvalue weighted by atomic mass is 35.5. The molecule has 10 heteroatoms. The van der Waals surface area contributed by atoms with Crippen LogP contribution in [0, 0.1) is 10.1 Å². The first-order chi connectivity index (χ1) is 17.4. The Morgan fingerprint density at radius 2 is 1.83 bits per heavy atom. The van der Waals surface area contributed by atoms with E-state index in [1.807, 2.05) is 12.1 Å². The summed E-state index contributed by atoms with van der Waals surface area (Å²) < 4.78 is 11.3. The average Bonchev–Trinajstić information content (AvgIpc) is 3.34. The van der Waals surface area contributed by atoms with Crippen LogP contribution in [0.25, 0.3) is 0 Å². The van der Waals surface area contributed by atoms with Gasteiger partial charge in [0, 0.05) is 29.1 Å². The predicted molar refractivity (Wildman–Crippen MR) is 134 cm³/mol. The van der Waals surface area contributed by atoms with Gasteiger partial charge in [0.1, 0.15) is 6.29 Å². The Balaban J connectivity index is 1.58. The van der Waals surface area contributed by atoms with Crippen molar-refractivity contribution in [3.63, 3.8) is 0 Å². The fourth-order valence-electron chi connectivity index (χ4n) is 3.83. The molecule has 1 amide bonds. The fourth-order valence-corrected chi connectivity index (χ4v) is 3.95. The van der Waals surface area contributed by atoms with Crippen LogP contribution < -0.4 is 9.47 Å². The molecule has 1 aliphatic rings. The number of hydrogen-bond acceptors (Lipinski definition) is 7. The average molecular weight is 508 g/mol. The Morgan fingerprint density at radius 3 is 2.47 bits per heavy atom. The van der Waals surface area contributed by atoms with Crippen molar-refractivity contribution < 1.29 is 24.0 Å². The minimum Gasteiger partial charge on any atom is -0.490 e. The molecule has 0 spiro atoms. The first kappa shape index (κ1) is 24.9. The molecule has 36 heavy (non-hydrogen) atoms. The molecule has 0 fully saturated rings. The number of amides is 1. The summed E-state index contributed by atoms with van der Waals surface area (Å²) in [5, 5.41) is 17.5. The van der Waals surface area contributed by atoms with Crippen molar-refractivity contribution in [3.05, 3.63) is 98.6 Å². The number of rotatable bonds is 9. The van der Waals surface area contributed by atoms with Crippen LogP contribution in [0.3, 0.4) is 0 Å². The highest BCUT2D eigenvalue weighted by molar-refractivity contribution is 6.30. The largest absolute Gasteiger partial charge is 0.490 e. The van der Waals surface area contributed by atoms with E-state index in [1.54, 1.807) is 49.4 Å². The van der Waals surface area contributed by atoms with Crippen LogP contribution in [0.15, 0.2) is 71.8 Å². The second-order valence-electron chi connectivity index (χ2n) is 7.91. The summed E-state index contributed by atoms with van der Waals surface area (Å²) in [7, 11) is 0. The van der Waals surface area contributed by atoms with Crippen molar-refractivity contribution in [2.45, 2.75) is 19.4 Å². The molecule has 0 saturated heterocycles. The maximum absolute atomic E-state index is 13.3. The zero-order valence-electron chi connectivity index (χ0n) is 19.3. The van der Waals surface area contributed by atoms with Crippen LogP contribution in [-0.2, 0) is 4.79 Å². The summed E-state index contributed by atoms with van der Waals surface area (Å²) in [6.45, 7) is 1.85. The summed E-state index contributed by atoms with van der Waals surface area (Å²) in [5.41, 5.74) is 2.52.